The number of carbonyl (C=O) groups excluding carboxylic acids is 2. The Morgan fingerprint density at radius 1 is 0.839 bits per heavy atom. The molecule has 5 aliphatic rings. The number of hydrogen-bond donors (Lipinski definition) is 0. The number of benzene rings is 2. The van der Waals surface area contributed by atoms with Crippen molar-refractivity contribution < 1.29 is 19.4 Å². The van der Waals surface area contributed by atoms with Crippen molar-refractivity contribution in [2.75, 3.05) is 0 Å². The minimum atomic E-state index is -1.19. The second-order valence-corrected chi connectivity index (χ2v) is 9.22. The van der Waals surface area contributed by atoms with Gasteiger partial charge in [0.15, 0.2) is 0 Å². The maximum atomic E-state index is 14.2. The van der Waals surface area contributed by atoms with Crippen LogP contribution in [0.1, 0.15) is 49.1 Å². The van der Waals surface area contributed by atoms with E-state index in [0.29, 0.717) is 0 Å². The Bertz CT molecular complexity index is 1210. The summed E-state index contributed by atoms with van der Waals surface area (Å²) in [7, 11) is 0. The van der Waals surface area contributed by atoms with Crippen molar-refractivity contribution in [2.45, 2.75) is 49.3 Å². The van der Waals surface area contributed by atoms with Crippen LogP contribution >= 0.6 is 0 Å². The predicted molar refractivity (Wildman–Crippen MR) is 114 cm³/mol. The lowest BCUT2D eigenvalue weighted by Gasteiger charge is -2.48. The summed E-state index contributed by atoms with van der Waals surface area (Å²) in [5, 5.41) is 0. The monoisotopic (exact) mass is 413 g/mol. The van der Waals surface area contributed by atoms with Gasteiger partial charge in [-0.2, -0.15) is 0 Å². The van der Waals surface area contributed by atoms with Crippen LogP contribution in [0.2, 0.25) is 0 Å². The van der Waals surface area contributed by atoms with Crippen LogP contribution in [-0.4, -0.2) is 22.8 Å². The van der Waals surface area contributed by atoms with Crippen molar-refractivity contribution in [3.8, 4) is 0 Å². The summed E-state index contributed by atoms with van der Waals surface area (Å²) in [6.45, 7) is 5.70. The van der Waals surface area contributed by atoms with E-state index in [9.17, 15) is 9.59 Å². The number of nitrogens with zero attached hydrogens (tertiary/aromatic N) is 1. The molecular weight excluding hydrogens is 390 g/mol. The fourth-order valence-corrected chi connectivity index (χ4v) is 5.90. The van der Waals surface area contributed by atoms with Crippen molar-refractivity contribution in [3.05, 3.63) is 95.1 Å². The minimum absolute atomic E-state index is 0.195. The molecule has 4 bridgehead atoms. The summed E-state index contributed by atoms with van der Waals surface area (Å²) in [6, 6.07) is 15.2. The molecular formula is C26H23NO4. The second kappa shape index (κ2) is 5.81. The van der Waals surface area contributed by atoms with Crippen molar-refractivity contribution in [1.82, 2.24) is 4.90 Å². The van der Waals surface area contributed by atoms with E-state index >= 15 is 0 Å². The average Bonchev–Trinajstić information content (AvgIpc) is 2.96. The van der Waals surface area contributed by atoms with E-state index < -0.39 is 22.5 Å². The first-order chi connectivity index (χ1) is 14.9. The van der Waals surface area contributed by atoms with Gasteiger partial charge in [0.25, 0.3) is 0 Å². The van der Waals surface area contributed by atoms with Crippen LogP contribution in [0.15, 0.2) is 72.8 Å². The highest BCUT2D eigenvalue weighted by Gasteiger charge is 2.72. The molecule has 0 N–H and O–H groups in total. The molecule has 5 nitrogen and oxygen atoms in total. The Labute approximate surface area is 180 Å². The SMILES string of the molecule is CC(C)N1C(=O)C23C=CC(OOC4(C)C=CC2(C1=O)c1ccccc14)c1ccccc13. The molecule has 2 aliphatic carbocycles. The number of hydrogen-bond acceptors (Lipinski definition) is 4. The summed E-state index contributed by atoms with van der Waals surface area (Å²) in [5.41, 5.74) is -0.000803. The molecule has 2 amide bonds. The lowest BCUT2D eigenvalue weighted by Crippen LogP contribution is -2.54. The number of imide groups is 1. The summed E-state index contributed by atoms with van der Waals surface area (Å²) in [5.74, 6) is -0.392. The first-order valence-electron chi connectivity index (χ1n) is 10.7. The van der Waals surface area contributed by atoms with Gasteiger partial charge in [-0.05, 0) is 49.1 Å². The molecule has 1 saturated heterocycles. The van der Waals surface area contributed by atoms with Gasteiger partial charge >= 0.3 is 0 Å². The molecule has 3 heterocycles. The zero-order valence-corrected chi connectivity index (χ0v) is 17.7. The lowest BCUT2D eigenvalue weighted by atomic mass is 9.53. The van der Waals surface area contributed by atoms with Crippen LogP contribution in [-0.2, 0) is 35.8 Å². The molecule has 31 heavy (non-hydrogen) atoms. The van der Waals surface area contributed by atoms with Crippen LogP contribution in [0.4, 0.5) is 0 Å². The number of likely N-dealkylation sites (tertiary alicyclic amines) is 1. The fraction of sp³-hybridized carbons (Fsp3) is 0.308. The largest absolute Gasteiger partial charge is 0.278 e. The average molecular weight is 413 g/mol. The van der Waals surface area contributed by atoms with Gasteiger partial charge in [0, 0.05) is 6.04 Å². The molecule has 4 atom stereocenters. The number of amides is 2. The van der Waals surface area contributed by atoms with E-state index in [-0.39, 0.29) is 17.9 Å². The Morgan fingerprint density at radius 2 is 1.45 bits per heavy atom. The van der Waals surface area contributed by atoms with Gasteiger partial charge in [-0.15, -0.1) is 0 Å². The molecule has 7 rings (SSSR count). The molecule has 2 aromatic carbocycles. The molecule has 1 fully saturated rings. The maximum Gasteiger partial charge on any atom is 0.245 e. The van der Waals surface area contributed by atoms with Gasteiger partial charge in [0.05, 0.1) is 0 Å². The fourth-order valence-electron chi connectivity index (χ4n) is 5.90. The van der Waals surface area contributed by atoms with E-state index in [0.717, 1.165) is 22.3 Å². The predicted octanol–water partition coefficient (Wildman–Crippen LogP) is 4.00. The summed E-state index contributed by atoms with van der Waals surface area (Å²) >= 11 is 0. The van der Waals surface area contributed by atoms with Gasteiger partial charge in [-0.1, -0.05) is 66.8 Å². The first-order valence-corrected chi connectivity index (χ1v) is 10.7. The second-order valence-electron chi connectivity index (χ2n) is 9.22. The van der Waals surface area contributed by atoms with E-state index in [1.54, 1.807) is 0 Å². The Hall–Kier alpha value is -3.02. The molecule has 5 heteroatoms. The van der Waals surface area contributed by atoms with Gasteiger partial charge in [-0.25, -0.2) is 9.78 Å². The van der Waals surface area contributed by atoms with Crippen molar-refractivity contribution in [3.63, 3.8) is 0 Å². The summed E-state index contributed by atoms with van der Waals surface area (Å²) < 4.78 is 0. The molecule has 0 aromatic heterocycles. The molecule has 3 aliphatic heterocycles. The first kappa shape index (κ1) is 18.7. The van der Waals surface area contributed by atoms with Crippen molar-refractivity contribution in [2.24, 2.45) is 0 Å². The third-order valence-corrected chi connectivity index (χ3v) is 7.33. The van der Waals surface area contributed by atoms with Crippen LogP contribution < -0.4 is 0 Å². The van der Waals surface area contributed by atoms with Crippen molar-refractivity contribution >= 4 is 11.8 Å². The van der Waals surface area contributed by atoms with Crippen LogP contribution in [0.5, 0.6) is 0 Å². The molecule has 0 radical (unpaired) electrons. The lowest BCUT2D eigenvalue weighted by molar-refractivity contribution is -0.370. The highest BCUT2D eigenvalue weighted by molar-refractivity contribution is 6.19. The van der Waals surface area contributed by atoms with E-state index in [4.69, 9.17) is 9.78 Å². The Kier molecular flexibility index (Phi) is 3.51. The summed E-state index contributed by atoms with van der Waals surface area (Å²) in [6.07, 6.45) is 7.03. The van der Waals surface area contributed by atoms with E-state index in [1.165, 1.54) is 4.90 Å². The van der Waals surface area contributed by atoms with E-state index in [2.05, 4.69) is 0 Å². The third kappa shape index (κ3) is 1.95. The molecule has 4 unspecified atom stereocenters. The minimum Gasteiger partial charge on any atom is -0.278 e. The molecule has 0 saturated carbocycles. The molecule has 156 valence electrons. The molecule has 2 aromatic rings. The number of fused-ring (bicyclic) bond motifs is 2. The Balaban J connectivity index is 1.82. The molecule has 2 spiro atoms. The van der Waals surface area contributed by atoms with Crippen LogP contribution in [0.25, 0.3) is 0 Å². The van der Waals surface area contributed by atoms with Crippen LogP contribution in [0.3, 0.4) is 0 Å². The highest BCUT2D eigenvalue weighted by atomic mass is 17.2. The highest BCUT2D eigenvalue weighted by Crippen LogP contribution is 2.61. The third-order valence-electron chi connectivity index (χ3n) is 7.33. The Morgan fingerprint density at radius 3 is 2.16 bits per heavy atom. The topological polar surface area (TPSA) is 55.8 Å². The van der Waals surface area contributed by atoms with Crippen LogP contribution in [0, 0.1) is 0 Å². The van der Waals surface area contributed by atoms with Gasteiger partial charge in [-0.3, -0.25) is 14.5 Å². The quantitative estimate of drug-likeness (QED) is 0.403. The smallest absolute Gasteiger partial charge is 0.245 e. The number of carbonyl (C=O) groups is 2. The van der Waals surface area contributed by atoms with Crippen molar-refractivity contribution in [1.29, 1.82) is 0 Å². The van der Waals surface area contributed by atoms with Gasteiger partial charge in [0.2, 0.25) is 11.8 Å². The standard InChI is InChI=1S/C26H23NO4/c1-16(2)27-22(28)25-13-12-21(17-8-4-5-9-18(17)25)30-31-24(3)14-15-26(25,23(27)29)20-11-7-6-10-19(20)24/h4-16,21H,1-3H3. The van der Waals surface area contributed by atoms with Gasteiger partial charge < -0.3 is 0 Å². The van der Waals surface area contributed by atoms with E-state index in [1.807, 2.05) is 93.6 Å². The number of rotatable bonds is 1. The zero-order chi connectivity index (χ0) is 21.6. The normalized spacial score (nSPS) is 34.8. The van der Waals surface area contributed by atoms with Gasteiger partial charge in [0.1, 0.15) is 22.5 Å². The zero-order valence-electron chi connectivity index (χ0n) is 17.7. The summed E-state index contributed by atoms with van der Waals surface area (Å²) in [4.78, 5) is 41.9. The maximum absolute atomic E-state index is 14.2.